The smallest absolute Gasteiger partial charge is 0.490 e. The second kappa shape index (κ2) is 13.9. The number of nitrogens with zero attached hydrogens (tertiary/aromatic N) is 1. The van der Waals surface area contributed by atoms with E-state index in [1.165, 1.54) is 12.1 Å². The number of β-amino-alcohol motifs (C(OH)–C–C–N with tert-alkyl or cyclic N) is 1. The number of hydrogen-bond donors (Lipinski definition) is 5. The second-order valence-electron chi connectivity index (χ2n) is 8.78. The van der Waals surface area contributed by atoms with Gasteiger partial charge in [0.25, 0.3) is 0 Å². The van der Waals surface area contributed by atoms with E-state index >= 15 is 0 Å². The first-order chi connectivity index (χ1) is 18.8. The zero-order valence-corrected chi connectivity index (χ0v) is 22.2. The van der Waals surface area contributed by atoms with E-state index in [0.29, 0.717) is 23.9 Å². The zero-order chi connectivity index (χ0) is 29.4. The van der Waals surface area contributed by atoms with Gasteiger partial charge in [-0.15, -0.1) is 0 Å². The number of aliphatic hydroxyl groups is 1. The number of hydrogen-bond acceptors (Lipinski definition) is 8. The van der Waals surface area contributed by atoms with Gasteiger partial charge in [-0.05, 0) is 43.2 Å². The van der Waals surface area contributed by atoms with Crippen LogP contribution in [-0.2, 0) is 9.63 Å². The molecule has 2 fully saturated rings. The molecule has 1 aliphatic heterocycles. The third-order valence-corrected chi connectivity index (χ3v) is 5.82. The van der Waals surface area contributed by atoms with Gasteiger partial charge in [0.1, 0.15) is 42.7 Å². The fourth-order valence-corrected chi connectivity index (χ4v) is 3.52. The number of carbonyl (C=O) groups excluding carboxylic acids is 1. The lowest BCUT2D eigenvalue weighted by molar-refractivity contribution is -0.192. The van der Waals surface area contributed by atoms with Crippen molar-refractivity contribution in [1.82, 2.24) is 10.4 Å². The Morgan fingerprint density at radius 1 is 1.18 bits per heavy atom. The van der Waals surface area contributed by atoms with Crippen molar-refractivity contribution in [2.45, 2.75) is 37.3 Å². The number of ether oxygens (including phenoxy) is 2. The number of rotatable bonds is 9. The average molecular weight is 612 g/mol. The minimum Gasteiger partial charge on any atom is -0.506 e. The Balaban J connectivity index is 0.000000559. The molecule has 0 bridgehead atoms. The van der Waals surface area contributed by atoms with Crippen LogP contribution in [0.25, 0.3) is 0 Å². The largest absolute Gasteiger partial charge is 0.506 e. The lowest BCUT2D eigenvalue weighted by atomic mass is 10.2. The molecule has 2 aromatic rings. The lowest BCUT2D eigenvalue weighted by Crippen LogP contribution is -2.35. The molecule has 2 amide bonds. The van der Waals surface area contributed by atoms with Crippen LogP contribution in [0.2, 0.25) is 10.0 Å². The highest BCUT2D eigenvalue weighted by Gasteiger charge is 2.38. The number of urea groups is 1. The van der Waals surface area contributed by atoms with Crippen molar-refractivity contribution in [2.24, 2.45) is 0 Å². The van der Waals surface area contributed by atoms with Crippen LogP contribution >= 0.6 is 23.2 Å². The summed E-state index contributed by atoms with van der Waals surface area (Å²) in [5.41, 5.74) is 0.289. The Labute approximate surface area is 236 Å². The van der Waals surface area contributed by atoms with Crippen LogP contribution in [0, 0.1) is 0 Å². The Hall–Kier alpha value is -3.17. The first-order valence-corrected chi connectivity index (χ1v) is 12.6. The van der Waals surface area contributed by atoms with E-state index in [0.717, 1.165) is 12.8 Å². The molecule has 4 rings (SSSR count). The monoisotopic (exact) mass is 611 g/mol. The van der Waals surface area contributed by atoms with Crippen molar-refractivity contribution in [3.8, 4) is 17.2 Å². The van der Waals surface area contributed by atoms with Crippen LogP contribution in [0.3, 0.4) is 0 Å². The summed E-state index contributed by atoms with van der Waals surface area (Å²) in [6.45, 7) is 0.911. The molecule has 0 radical (unpaired) electrons. The number of aliphatic hydroxyl groups excluding tert-OH is 1. The number of nitrogens with one attached hydrogen (secondary N) is 2. The Morgan fingerprint density at radius 3 is 2.42 bits per heavy atom. The quantitative estimate of drug-likeness (QED) is 0.265. The summed E-state index contributed by atoms with van der Waals surface area (Å²) in [5, 5.41) is 35.2. The highest BCUT2D eigenvalue weighted by molar-refractivity contribution is 6.32. The van der Waals surface area contributed by atoms with Gasteiger partial charge in [0.05, 0.1) is 23.8 Å². The fourth-order valence-electron chi connectivity index (χ4n) is 3.23. The molecular weight excluding hydrogens is 586 g/mol. The number of aromatic hydroxyl groups is 1. The first kappa shape index (κ1) is 31.4. The third kappa shape index (κ3) is 10.4. The molecule has 0 spiro atoms. The SMILES string of the molecule is O=C(Nc1cc(Cl)c(O)cc1OC[C@@H](O)CN1C[C@@H](Oc2ccc(Cl)cc2)CO1)NC1CC1.O=C(O)C(F)(F)F. The summed E-state index contributed by atoms with van der Waals surface area (Å²) >= 11 is 11.9. The average Bonchev–Trinajstić information content (AvgIpc) is 3.58. The van der Waals surface area contributed by atoms with E-state index in [1.54, 1.807) is 29.3 Å². The molecule has 220 valence electrons. The van der Waals surface area contributed by atoms with E-state index < -0.39 is 18.2 Å². The molecule has 40 heavy (non-hydrogen) atoms. The van der Waals surface area contributed by atoms with Crippen molar-refractivity contribution >= 4 is 40.9 Å². The van der Waals surface area contributed by atoms with Crippen LogP contribution < -0.4 is 20.1 Å². The summed E-state index contributed by atoms with van der Waals surface area (Å²) in [6, 6.07) is 9.55. The number of carboxylic acids is 1. The summed E-state index contributed by atoms with van der Waals surface area (Å²) < 4.78 is 43.3. The summed E-state index contributed by atoms with van der Waals surface area (Å²) in [6.07, 6.45) is -4.27. The minimum atomic E-state index is -5.08. The van der Waals surface area contributed by atoms with Crippen molar-refractivity contribution in [1.29, 1.82) is 0 Å². The van der Waals surface area contributed by atoms with Gasteiger partial charge in [-0.3, -0.25) is 4.84 Å². The Bertz CT molecular complexity index is 1170. The molecule has 2 atom stereocenters. The van der Waals surface area contributed by atoms with Gasteiger partial charge < -0.3 is 35.4 Å². The molecule has 16 heteroatoms. The fraction of sp³-hybridized carbons (Fsp3) is 0.417. The molecule has 2 aliphatic rings. The Morgan fingerprint density at radius 2 is 1.82 bits per heavy atom. The number of benzene rings is 2. The maximum absolute atomic E-state index is 12.1. The maximum atomic E-state index is 12.1. The molecule has 11 nitrogen and oxygen atoms in total. The molecule has 2 aromatic carbocycles. The third-order valence-electron chi connectivity index (χ3n) is 5.26. The molecule has 1 saturated carbocycles. The number of amides is 2. The molecule has 1 saturated heterocycles. The van der Waals surface area contributed by atoms with Crippen molar-refractivity contribution in [2.75, 3.05) is 31.6 Å². The van der Waals surface area contributed by atoms with Crippen LogP contribution in [-0.4, -0.2) is 83.1 Å². The van der Waals surface area contributed by atoms with Crippen molar-refractivity contribution < 1.29 is 52.4 Å². The summed E-state index contributed by atoms with van der Waals surface area (Å²) in [7, 11) is 0. The lowest BCUT2D eigenvalue weighted by Gasteiger charge is -2.20. The van der Waals surface area contributed by atoms with E-state index in [2.05, 4.69) is 10.6 Å². The molecule has 1 aliphatic carbocycles. The van der Waals surface area contributed by atoms with Gasteiger partial charge in [-0.25, -0.2) is 9.59 Å². The summed E-state index contributed by atoms with van der Waals surface area (Å²) in [4.78, 5) is 26.6. The normalized spacial score (nSPS) is 17.8. The van der Waals surface area contributed by atoms with Gasteiger partial charge in [0.2, 0.25) is 0 Å². The molecule has 0 aromatic heterocycles. The van der Waals surface area contributed by atoms with Crippen molar-refractivity contribution in [3.05, 3.63) is 46.4 Å². The predicted octanol–water partition coefficient (Wildman–Crippen LogP) is 4.05. The number of phenolic OH excluding ortho intramolecular Hbond substituents is 1. The number of halogens is 5. The minimum absolute atomic E-state index is 0.0711. The van der Waals surface area contributed by atoms with E-state index in [9.17, 15) is 28.2 Å². The predicted molar refractivity (Wildman–Crippen MR) is 137 cm³/mol. The second-order valence-corrected chi connectivity index (χ2v) is 9.62. The van der Waals surface area contributed by atoms with Crippen LogP contribution in [0.5, 0.6) is 17.2 Å². The van der Waals surface area contributed by atoms with Gasteiger partial charge in [-0.1, -0.05) is 23.2 Å². The highest BCUT2D eigenvalue weighted by atomic mass is 35.5. The van der Waals surface area contributed by atoms with Crippen LogP contribution in [0.4, 0.5) is 23.7 Å². The number of carboxylic acid groups (broad SMARTS) is 1. The first-order valence-electron chi connectivity index (χ1n) is 11.8. The Kier molecular flexibility index (Phi) is 10.9. The summed E-state index contributed by atoms with van der Waals surface area (Å²) in [5.74, 6) is -2.08. The number of carbonyl (C=O) groups is 2. The number of anilines is 1. The highest BCUT2D eigenvalue weighted by Crippen LogP contribution is 2.35. The van der Waals surface area contributed by atoms with Gasteiger partial charge in [-0.2, -0.15) is 18.2 Å². The number of aliphatic carboxylic acids is 1. The standard InChI is InChI=1S/C22H25Cl2N3O6.C2HF3O2/c23-13-1-5-16(6-2-13)33-17-10-27(32-12-17)9-15(28)11-31-21-8-20(29)18(24)7-19(21)26-22(30)25-14-3-4-14;3-2(4,5)1(6)7/h1-2,5-8,14-15,17,28-29H,3-4,9-12H2,(H2,25,26,30);(H,6,7)/t15-,17+;/m0./s1. The number of alkyl halides is 3. The van der Waals surface area contributed by atoms with E-state index in [1.807, 2.05) is 0 Å². The maximum Gasteiger partial charge on any atom is 0.490 e. The molecule has 1 heterocycles. The molecular formula is C24H26Cl2F3N3O8. The molecule has 5 N–H and O–H groups in total. The van der Waals surface area contributed by atoms with Gasteiger partial charge >= 0.3 is 18.2 Å². The van der Waals surface area contributed by atoms with E-state index in [-0.39, 0.29) is 53.5 Å². The zero-order valence-electron chi connectivity index (χ0n) is 20.7. The van der Waals surface area contributed by atoms with E-state index in [4.69, 9.17) is 47.4 Å². The topological polar surface area (TPSA) is 150 Å². The van der Waals surface area contributed by atoms with Gasteiger partial charge in [0, 0.05) is 17.1 Å². The van der Waals surface area contributed by atoms with Gasteiger partial charge in [0.15, 0.2) is 0 Å². The van der Waals surface area contributed by atoms with Crippen LogP contribution in [0.1, 0.15) is 12.8 Å². The number of hydroxylamine groups is 2. The molecule has 0 unspecified atom stereocenters. The van der Waals surface area contributed by atoms with Crippen molar-refractivity contribution in [3.63, 3.8) is 0 Å². The van der Waals surface area contributed by atoms with Crippen LogP contribution in [0.15, 0.2) is 36.4 Å². The number of phenols is 1.